The summed E-state index contributed by atoms with van der Waals surface area (Å²) in [7, 11) is 0. The van der Waals surface area contributed by atoms with Crippen molar-refractivity contribution in [1.29, 1.82) is 0 Å². The third-order valence-electron chi connectivity index (χ3n) is 4.18. The van der Waals surface area contributed by atoms with Crippen LogP contribution in [-0.2, 0) is 13.0 Å². The molecule has 0 bridgehead atoms. The third kappa shape index (κ3) is 2.30. The lowest BCUT2D eigenvalue weighted by atomic mass is 10.0. The van der Waals surface area contributed by atoms with Crippen LogP contribution >= 0.6 is 0 Å². The van der Waals surface area contributed by atoms with Crippen LogP contribution in [-0.4, -0.2) is 14.8 Å². The summed E-state index contributed by atoms with van der Waals surface area (Å²) in [5, 5.41) is 8.64. The fourth-order valence-corrected chi connectivity index (χ4v) is 2.98. The van der Waals surface area contributed by atoms with Gasteiger partial charge in [-0.2, -0.15) is 0 Å². The molecule has 0 unspecified atom stereocenters. The van der Waals surface area contributed by atoms with Crippen molar-refractivity contribution in [3.63, 3.8) is 0 Å². The van der Waals surface area contributed by atoms with Gasteiger partial charge in [-0.05, 0) is 36.1 Å². The number of rotatable bonds is 2. The van der Waals surface area contributed by atoms with E-state index >= 15 is 0 Å². The van der Waals surface area contributed by atoms with Crippen molar-refractivity contribution >= 4 is 0 Å². The Hall–Kier alpha value is -2.49. The summed E-state index contributed by atoms with van der Waals surface area (Å²) >= 11 is 0. The number of hydrogen-bond donors (Lipinski definition) is 0. The first kappa shape index (κ1) is 13.2. The summed E-state index contributed by atoms with van der Waals surface area (Å²) in [6.45, 7) is 0.997. The second kappa shape index (κ2) is 5.37. The molecule has 1 aliphatic heterocycles. The van der Waals surface area contributed by atoms with E-state index in [1.165, 1.54) is 25.0 Å². The molecule has 0 spiro atoms. The van der Waals surface area contributed by atoms with Gasteiger partial charge in [0.15, 0.2) is 5.82 Å². The minimum atomic E-state index is -0.213. The fraction of sp³-hybridized carbons (Fsp3) is 0.222. The SMILES string of the molecule is Fc1ccc(-c2ccc(-c3nnc4n3CCCC4)cc2)cc1. The average molecular weight is 293 g/mol. The van der Waals surface area contributed by atoms with Crippen LogP contribution in [0.1, 0.15) is 18.7 Å². The largest absolute Gasteiger partial charge is 0.311 e. The summed E-state index contributed by atoms with van der Waals surface area (Å²) in [6.07, 6.45) is 3.40. The molecular weight excluding hydrogens is 277 g/mol. The van der Waals surface area contributed by atoms with Crippen LogP contribution in [0, 0.1) is 5.82 Å². The monoisotopic (exact) mass is 293 g/mol. The Morgan fingerprint density at radius 1 is 0.773 bits per heavy atom. The zero-order chi connectivity index (χ0) is 14.9. The molecule has 2 aromatic carbocycles. The van der Waals surface area contributed by atoms with Crippen molar-refractivity contribution in [2.45, 2.75) is 25.8 Å². The number of benzene rings is 2. The van der Waals surface area contributed by atoms with Crippen LogP contribution in [0.2, 0.25) is 0 Å². The van der Waals surface area contributed by atoms with Crippen molar-refractivity contribution in [3.8, 4) is 22.5 Å². The standard InChI is InChI=1S/C18H16FN3/c19-16-10-8-14(9-11-16)13-4-6-15(7-5-13)18-21-20-17-3-1-2-12-22(17)18/h4-11H,1-3,12H2. The molecule has 4 heteroatoms. The molecule has 0 N–H and O–H groups in total. The van der Waals surface area contributed by atoms with Crippen molar-refractivity contribution < 1.29 is 4.39 Å². The highest BCUT2D eigenvalue weighted by atomic mass is 19.1. The number of fused-ring (bicyclic) bond motifs is 1. The van der Waals surface area contributed by atoms with Gasteiger partial charge in [0.2, 0.25) is 0 Å². The van der Waals surface area contributed by atoms with Gasteiger partial charge in [0.25, 0.3) is 0 Å². The fourth-order valence-electron chi connectivity index (χ4n) is 2.98. The Kier molecular flexibility index (Phi) is 3.22. The summed E-state index contributed by atoms with van der Waals surface area (Å²) in [5.41, 5.74) is 3.16. The van der Waals surface area contributed by atoms with E-state index in [4.69, 9.17) is 0 Å². The topological polar surface area (TPSA) is 30.7 Å². The molecule has 4 rings (SSSR count). The molecule has 22 heavy (non-hydrogen) atoms. The van der Waals surface area contributed by atoms with E-state index in [2.05, 4.69) is 26.9 Å². The van der Waals surface area contributed by atoms with Crippen LogP contribution in [0.3, 0.4) is 0 Å². The van der Waals surface area contributed by atoms with E-state index in [0.29, 0.717) is 0 Å². The zero-order valence-electron chi connectivity index (χ0n) is 12.2. The first-order valence-electron chi connectivity index (χ1n) is 7.60. The second-order valence-electron chi connectivity index (χ2n) is 5.63. The van der Waals surface area contributed by atoms with Crippen LogP contribution in [0.4, 0.5) is 4.39 Å². The maximum absolute atomic E-state index is 13.0. The van der Waals surface area contributed by atoms with Gasteiger partial charge in [0.1, 0.15) is 11.6 Å². The van der Waals surface area contributed by atoms with E-state index in [1.807, 2.05) is 12.1 Å². The van der Waals surface area contributed by atoms with Crippen LogP contribution in [0.25, 0.3) is 22.5 Å². The van der Waals surface area contributed by atoms with Crippen molar-refractivity contribution in [2.24, 2.45) is 0 Å². The molecule has 110 valence electrons. The highest BCUT2D eigenvalue weighted by Crippen LogP contribution is 2.26. The van der Waals surface area contributed by atoms with Crippen LogP contribution in [0.5, 0.6) is 0 Å². The molecule has 0 atom stereocenters. The lowest BCUT2D eigenvalue weighted by molar-refractivity contribution is 0.526. The number of aryl methyl sites for hydroxylation is 1. The van der Waals surface area contributed by atoms with E-state index in [-0.39, 0.29) is 5.82 Å². The number of hydrogen-bond acceptors (Lipinski definition) is 2. The zero-order valence-corrected chi connectivity index (χ0v) is 12.2. The molecular formula is C18H16FN3. The van der Waals surface area contributed by atoms with E-state index in [1.54, 1.807) is 12.1 Å². The van der Waals surface area contributed by atoms with Crippen molar-refractivity contribution in [2.75, 3.05) is 0 Å². The number of nitrogens with zero attached hydrogens (tertiary/aromatic N) is 3. The number of halogens is 1. The molecule has 0 saturated carbocycles. The average Bonchev–Trinajstić information content (AvgIpc) is 3.00. The molecule has 3 aromatic rings. The molecule has 0 aliphatic carbocycles. The highest BCUT2D eigenvalue weighted by molar-refractivity contribution is 5.67. The molecule has 0 saturated heterocycles. The minimum absolute atomic E-state index is 0.213. The Morgan fingerprint density at radius 3 is 2.14 bits per heavy atom. The van der Waals surface area contributed by atoms with Gasteiger partial charge in [-0.3, -0.25) is 0 Å². The second-order valence-corrected chi connectivity index (χ2v) is 5.63. The first-order valence-corrected chi connectivity index (χ1v) is 7.60. The third-order valence-corrected chi connectivity index (χ3v) is 4.18. The predicted molar refractivity (Wildman–Crippen MR) is 83.8 cm³/mol. The molecule has 0 amide bonds. The maximum Gasteiger partial charge on any atom is 0.163 e. The Balaban J connectivity index is 1.67. The summed E-state index contributed by atoms with van der Waals surface area (Å²) in [4.78, 5) is 0. The number of aromatic nitrogens is 3. The quantitative estimate of drug-likeness (QED) is 0.712. The van der Waals surface area contributed by atoms with Gasteiger partial charge in [-0.1, -0.05) is 36.4 Å². The van der Waals surface area contributed by atoms with E-state index in [0.717, 1.165) is 41.3 Å². The molecule has 3 nitrogen and oxygen atoms in total. The molecule has 2 heterocycles. The lowest BCUT2D eigenvalue weighted by Gasteiger charge is -2.14. The minimum Gasteiger partial charge on any atom is -0.311 e. The molecule has 0 radical (unpaired) electrons. The maximum atomic E-state index is 13.0. The normalized spacial score (nSPS) is 13.9. The van der Waals surface area contributed by atoms with Gasteiger partial charge in [-0.15, -0.1) is 10.2 Å². The lowest BCUT2D eigenvalue weighted by Crippen LogP contribution is -2.11. The van der Waals surface area contributed by atoms with Gasteiger partial charge in [0.05, 0.1) is 0 Å². The Morgan fingerprint density at radius 2 is 1.41 bits per heavy atom. The first-order chi connectivity index (χ1) is 10.8. The van der Waals surface area contributed by atoms with Crippen molar-refractivity contribution in [3.05, 3.63) is 60.2 Å². The summed E-state index contributed by atoms with van der Waals surface area (Å²) < 4.78 is 15.2. The van der Waals surface area contributed by atoms with Crippen molar-refractivity contribution in [1.82, 2.24) is 14.8 Å². The van der Waals surface area contributed by atoms with E-state index in [9.17, 15) is 4.39 Å². The summed E-state index contributed by atoms with van der Waals surface area (Å²) in [5.74, 6) is 1.82. The highest BCUT2D eigenvalue weighted by Gasteiger charge is 2.16. The van der Waals surface area contributed by atoms with Gasteiger partial charge < -0.3 is 4.57 Å². The smallest absolute Gasteiger partial charge is 0.163 e. The Bertz CT molecular complexity index is 788. The molecule has 1 aromatic heterocycles. The molecule has 1 aliphatic rings. The molecule has 0 fully saturated rings. The predicted octanol–water partition coefficient (Wildman–Crippen LogP) is 4.09. The van der Waals surface area contributed by atoms with E-state index < -0.39 is 0 Å². The Labute approximate surface area is 128 Å². The van der Waals surface area contributed by atoms with Crippen LogP contribution < -0.4 is 0 Å². The summed E-state index contributed by atoms with van der Waals surface area (Å²) in [6, 6.07) is 14.8. The van der Waals surface area contributed by atoms with Gasteiger partial charge in [0, 0.05) is 18.5 Å². The van der Waals surface area contributed by atoms with Gasteiger partial charge in [-0.25, -0.2) is 4.39 Å². The van der Waals surface area contributed by atoms with Crippen LogP contribution in [0.15, 0.2) is 48.5 Å². The van der Waals surface area contributed by atoms with Gasteiger partial charge >= 0.3 is 0 Å².